The smallest absolute Gasteiger partial charge is 0.0248 e. The topological polar surface area (TPSA) is 0 Å². The molecule has 0 N–H and O–H groups in total. The van der Waals surface area contributed by atoms with Crippen molar-refractivity contribution in [2.24, 2.45) is 0 Å². The highest BCUT2D eigenvalue weighted by atomic mass is 79.9. The van der Waals surface area contributed by atoms with Gasteiger partial charge in [-0.3, -0.25) is 0 Å². The molecule has 0 aliphatic rings. The van der Waals surface area contributed by atoms with Crippen molar-refractivity contribution in [2.75, 3.05) is 0 Å². The molecule has 0 spiro atoms. The number of halogens is 1. The molecule has 0 bridgehead atoms. The largest absolute Gasteiger partial charge is 0.0839 e. The molecule has 0 atom stereocenters. The summed E-state index contributed by atoms with van der Waals surface area (Å²) in [6, 6.07) is 6.55. The van der Waals surface area contributed by atoms with Gasteiger partial charge >= 0.3 is 0 Å². The summed E-state index contributed by atoms with van der Waals surface area (Å²) in [6.07, 6.45) is 16.4. The molecular weight excluding hydrogens is 296 g/mol. The van der Waals surface area contributed by atoms with Gasteiger partial charge in [-0.05, 0) is 36.1 Å². The summed E-state index contributed by atoms with van der Waals surface area (Å²) in [6.45, 7) is 4.46. The highest BCUT2D eigenvalue weighted by Crippen LogP contribution is 2.21. The fourth-order valence-electron chi connectivity index (χ4n) is 1.87. The third kappa shape index (κ3) is 6.77. The molecule has 0 aromatic heterocycles. The molecule has 1 rings (SSSR count). The molecule has 1 aromatic carbocycles. The van der Waals surface area contributed by atoms with Gasteiger partial charge < -0.3 is 0 Å². The second kappa shape index (κ2) is 10.0. The molecule has 0 aliphatic heterocycles. The summed E-state index contributed by atoms with van der Waals surface area (Å²) in [4.78, 5) is 0. The van der Waals surface area contributed by atoms with Crippen LogP contribution in [0.1, 0.15) is 63.5 Å². The van der Waals surface area contributed by atoms with E-state index in [1.807, 2.05) is 0 Å². The van der Waals surface area contributed by atoms with Crippen LogP contribution in [0.4, 0.5) is 0 Å². The SMILES string of the molecule is CCCC/C=C\c1ccc(Br)c(/C=C\CCCC)c1. The van der Waals surface area contributed by atoms with E-state index in [2.05, 4.69) is 72.3 Å². The maximum absolute atomic E-state index is 3.62. The number of benzene rings is 1. The zero-order valence-corrected chi connectivity index (χ0v) is 13.7. The fourth-order valence-corrected chi connectivity index (χ4v) is 2.25. The average molecular weight is 321 g/mol. The van der Waals surface area contributed by atoms with Crippen molar-refractivity contribution < 1.29 is 0 Å². The average Bonchev–Trinajstić information content (AvgIpc) is 2.42. The predicted molar refractivity (Wildman–Crippen MR) is 91.3 cm³/mol. The lowest BCUT2D eigenvalue weighted by Crippen LogP contribution is -1.79. The molecule has 0 unspecified atom stereocenters. The Balaban J connectivity index is 2.65. The summed E-state index contributed by atoms with van der Waals surface area (Å²) in [5, 5.41) is 0. The number of rotatable bonds is 8. The van der Waals surface area contributed by atoms with E-state index in [4.69, 9.17) is 0 Å². The molecular formula is C18H25Br. The van der Waals surface area contributed by atoms with Crippen LogP contribution in [0.5, 0.6) is 0 Å². The van der Waals surface area contributed by atoms with Crippen LogP contribution in [0.15, 0.2) is 34.8 Å². The van der Waals surface area contributed by atoms with Gasteiger partial charge in [-0.15, -0.1) is 0 Å². The van der Waals surface area contributed by atoms with E-state index in [0.29, 0.717) is 0 Å². The van der Waals surface area contributed by atoms with Crippen molar-refractivity contribution in [1.29, 1.82) is 0 Å². The van der Waals surface area contributed by atoms with Crippen LogP contribution in [-0.4, -0.2) is 0 Å². The third-order valence-electron chi connectivity index (χ3n) is 3.08. The van der Waals surface area contributed by atoms with E-state index < -0.39 is 0 Å². The van der Waals surface area contributed by atoms with Crippen molar-refractivity contribution in [3.05, 3.63) is 46.0 Å². The van der Waals surface area contributed by atoms with Gasteiger partial charge in [0.05, 0.1) is 0 Å². The normalized spacial score (nSPS) is 11.7. The van der Waals surface area contributed by atoms with E-state index in [0.717, 1.165) is 0 Å². The first-order valence-corrected chi connectivity index (χ1v) is 8.19. The predicted octanol–water partition coefficient (Wildman–Crippen LogP) is 6.86. The van der Waals surface area contributed by atoms with Crippen LogP contribution in [0.3, 0.4) is 0 Å². The molecule has 1 heteroatoms. The number of allylic oxidation sites excluding steroid dienone is 2. The Morgan fingerprint density at radius 2 is 1.58 bits per heavy atom. The zero-order chi connectivity index (χ0) is 13.9. The Kier molecular flexibility index (Phi) is 8.57. The lowest BCUT2D eigenvalue weighted by atomic mass is 10.1. The molecule has 19 heavy (non-hydrogen) atoms. The van der Waals surface area contributed by atoms with Crippen LogP contribution in [-0.2, 0) is 0 Å². The van der Waals surface area contributed by atoms with Crippen molar-refractivity contribution in [2.45, 2.75) is 52.4 Å². The van der Waals surface area contributed by atoms with Crippen molar-refractivity contribution in [3.63, 3.8) is 0 Å². The Labute approximate surface area is 126 Å². The van der Waals surface area contributed by atoms with Gasteiger partial charge in [0.25, 0.3) is 0 Å². The lowest BCUT2D eigenvalue weighted by Gasteiger charge is -2.01. The first kappa shape index (κ1) is 16.2. The van der Waals surface area contributed by atoms with E-state index >= 15 is 0 Å². The minimum atomic E-state index is 1.17. The summed E-state index contributed by atoms with van der Waals surface area (Å²) in [5.41, 5.74) is 2.56. The number of hydrogen-bond acceptors (Lipinski definition) is 0. The van der Waals surface area contributed by atoms with Crippen LogP contribution in [0, 0.1) is 0 Å². The van der Waals surface area contributed by atoms with Gasteiger partial charge in [0.2, 0.25) is 0 Å². The molecule has 0 amide bonds. The van der Waals surface area contributed by atoms with Gasteiger partial charge in [-0.2, -0.15) is 0 Å². The quantitative estimate of drug-likeness (QED) is 0.459. The molecule has 0 aliphatic carbocycles. The van der Waals surface area contributed by atoms with Gasteiger partial charge in [0.15, 0.2) is 0 Å². The zero-order valence-electron chi connectivity index (χ0n) is 12.2. The first-order valence-electron chi connectivity index (χ1n) is 7.40. The molecule has 0 nitrogen and oxygen atoms in total. The van der Waals surface area contributed by atoms with E-state index in [9.17, 15) is 0 Å². The van der Waals surface area contributed by atoms with Gasteiger partial charge in [0.1, 0.15) is 0 Å². The molecule has 0 fully saturated rings. The molecule has 0 heterocycles. The monoisotopic (exact) mass is 320 g/mol. The highest BCUT2D eigenvalue weighted by molar-refractivity contribution is 9.10. The number of hydrogen-bond donors (Lipinski definition) is 0. The second-order valence-electron chi connectivity index (χ2n) is 4.87. The Morgan fingerprint density at radius 1 is 0.947 bits per heavy atom. The van der Waals surface area contributed by atoms with Gasteiger partial charge in [0, 0.05) is 4.47 Å². The van der Waals surface area contributed by atoms with E-state index in [1.165, 1.54) is 54.1 Å². The molecule has 0 saturated heterocycles. The highest BCUT2D eigenvalue weighted by Gasteiger charge is 1.96. The summed E-state index contributed by atoms with van der Waals surface area (Å²) >= 11 is 3.62. The molecule has 0 radical (unpaired) electrons. The Hall–Kier alpha value is -0.820. The first-order chi connectivity index (χ1) is 9.27. The Bertz CT molecular complexity index is 416. The van der Waals surface area contributed by atoms with Crippen LogP contribution in [0.25, 0.3) is 12.2 Å². The third-order valence-corrected chi connectivity index (χ3v) is 3.80. The van der Waals surface area contributed by atoms with Crippen molar-refractivity contribution >= 4 is 28.1 Å². The van der Waals surface area contributed by atoms with Gasteiger partial charge in [-0.25, -0.2) is 0 Å². The van der Waals surface area contributed by atoms with Crippen molar-refractivity contribution in [1.82, 2.24) is 0 Å². The summed E-state index contributed by atoms with van der Waals surface area (Å²) < 4.78 is 1.17. The number of unbranched alkanes of at least 4 members (excludes halogenated alkanes) is 4. The second-order valence-corrected chi connectivity index (χ2v) is 5.72. The minimum Gasteiger partial charge on any atom is -0.0839 e. The molecule has 104 valence electrons. The molecule has 0 saturated carbocycles. The lowest BCUT2D eigenvalue weighted by molar-refractivity contribution is 0.816. The maximum atomic E-state index is 3.62. The van der Waals surface area contributed by atoms with Crippen LogP contribution in [0.2, 0.25) is 0 Å². The minimum absolute atomic E-state index is 1.17. The van der Waals surface area contributed by atoms with E-state index in [-0.39, 0.29) is 0 Å². The van der Waals surface area contributed by atoms with Crippen LogP contribution < -0.4 is 0 Å². The van der Waals surface area contributed by atoms with Gasteiger partial charge in [-0.1, -0.05) is 85.8 Å². The Morgan fingerprint density at radius 3 is 2.21 bits per heavy atom. The summed E-state index contributed by atoms with van der Waals surface area (Å²) in [5.74, 6) is 0. The van der Waals surface area contributed by atoms with Crippen LogP contribution >= 0.6 is 15.9 Å². The fraction of sp³-hybridized carbons (Fsp3) is 0.444. The standard InChI is InChI=1S/C18H25Br/c1-3-5-7-9-11-16-13-14-18(19)17(15-16)12-10-8-6-4-2/h9-15H,3-8H2,1-2H3/b11-9-,12-10-. The molecule has 1 aromatic rings. The van der Waals surface area contributed by atoms with E-state index in [1.54, 1.807) is 0 Å². The summed E-state index contributed by atoms with van der Waals surface area (Å²) in [7, 11) is 0. The maximum Gasteiger partial charge on any atom is 0.0248 e. The van der Waals surface area contributed by atoms with Crippen molar-refractivity contribution in [3.8, 4) is 0 Å².